The quantitative estimate of drug-likeness (QED) is 0.0977. The van der Waals surface area contributed by atoms with Gasteiger partial charge in [0.25, 0.3) is 0 Å². The molecule has 3 amide bonds. The lowest BCUT2D eigenvalue weighted by Crippen LogP contribution is -2.42. The van der Waals surface area contributed by atoms with Gasteiger partial charge >= 0.3 is 5.97 Å². The third-order valence-electron chi connectivity index (χ3n) is 12.7. The van der Waals surface area contributed by atoms with E-state index in [1.54, 1.807) is 11.0 Å². The van der Waals surface area contributed by atoms with Crippen molar-refractivity contribution in [1.82, 2.24) is 9.55 Å². The topological polar surface area (TPSA) is 146 Å². The number of esters is 1. The molecule has 0 unspecified atom stereocenters. The van der Waals surface area contributed by atoms with E-state index in [1.165, 1.54) is 24.0 Å². The number of carbonyl (C=O) groups is 4. The minimum atomic E-state index is -1.07. The fraction of sp³-hybridized carbons (Fsp3) is 0.396. The number of hydrogen-bond acceptors (Lipinski definition) is 8. The van der Waals surface area contributed by atoms with Gasteiger partial charge in [0.2, 0.25) is 17.7 Å². The molecular weight excluding hydrogens is 992 g/mol. The number of halogens is 6. The molecule has 66 heavy (non-hydrogen) atoms. The lowest BCUT2D eigenvalue weighted by Gasteiger charge is -2.32. The molecular formula is C48H48Br2F4N6O6. The Balaban J connectivity index is 0.000000180. The number of aromatic nitrogens is 2. The number of anilines is 4. The van der Waals surface area contributed by atoms with Gasteiger partial charge in [-0.15, -0.1) is 0 Å². The van der Waals surface area contributed by atoms with Gasteiger partial charge in [-0.2, -0.15) is 0 Å². The van der Waals surface area contributed by atoms with Crippen LogP contribution in [0.5, 0.6) is 0 Å². The highest BCUT2D eigenvalue weighted by Gasteiger charge is 2.40. The summed E-state index contributed by atoms with van der Waals surface area (Å²) in [7, 11) is 0. The van der Waals surface area contributed by atoms with Crippen molar-refractivity contribution in [3.05, 3.63) is 111 Å². The van der Waals surface area contributed by atoms with Crippen molar-refractivity contribution < 1.29 is 46.6 Å². The van der Waals surface area contributed by atoms with Gasteiger partial charge < -0.3 is 29.9 Å². The number of amides is 3. The molecule has 4 aliphatic rings. The normalized spacial score (nSPS) is 23.2. The van der Waals surface area contributed by atoms with Crippen molar-refractivity contribution in [2.45, 2.75) is 120 Å². The summed E-state index contributed by atoms with van der Waals surface area (Å²) in [6, 6.07) is 17.2. The molecule has 4 fully saturated rings. The minimum Gasteiger partial charge on any atom is -0.463 e. The average Bonchev–Trinajstić information content (AvgIpc) is 3.99. The molecule has 0 bridgehead atoms. The largest absolute Gasteiger partial charge is 0.463 e. The Kier molecular flexibility index (Phi) is 14.5. The maximum Gasteiger partial charge on any atom is 0.302 e. The molecule has 12 nitrogen and oxygen atoms in total. The van der Waals surface area contributed by atoms with Crippen LogP contribution < -0.4 is 20.4 Å². The number of rotatable bonds is 9. The molecule has 3 N–H and O–H groups in total. The first-order valence-corrected chi connectivity index (χ1v) is 23.7. The molecule has 4 aromatic carbocycles. The number of benzene rings is 4. The van der Waals surface area contributed by atoms with Crippen LogP contribution in [0.15, 0.2) is 81.7 Å². The zero-order valence-electron chi connectivity index (χ0n) is 35.9. The van der Waals surface area contributed by atoms with E-state index >= 15 is 0 Å². The van der Waals surface area contributed by atoms with Crippen LogP contribution in [-0.4, -0.2) is 62.6 Å². The third kappa shape index (κ3) is 10.4. The average molecular weight is 1040 g/mol. The highest BCUT2D eigenvalue weighted by molar-refractivity contribution is 9.10. The van der Waals surface area contributed by atoms with Crippen LogP contribution in [-0.2, 0) is 23.9 Å². The van der Waals surface area contributed by atoms with Gasteiger partial charge in [0.05, 0.1) is 34.6 Å². The molecule has 1 aromatic heterocycles. The van der Waals surface area contributed by atoms with E-state index in [9.17, 15) is 41.8 Å². The molecule has 18 heteroatoms. The molecule has 0 radical (unpaired) electrons. The molecule has 2 saturated carbocycles. The Labute approximate surface area is 395 Å². The molecule has 2 aliphatic heterocycles. The number of nitrogens with zero attached hydrogens (tertiary/aromatic N) is 4. The van der Waals surface area contributed by atoms with E-state index < -0.39 is 41.3 Å². The molecule has 2 aliphatic carbocycles. The zero-order chi connectivity index (χ0) is 46.8. The lowest BCUT2D eigenvalue weighted by molar-refractivity contribution is -0.148. The van der Waals surface area contributed by atoms with E-state index in [1.807, 2.05) is 30.3 Å². The van der Waals surface area contributed by atoms with Crippen molar-refractivity contribution in [3.8, 4) is 0 Å². The monoisotopic (exact) mass is 1040 g/mol. The van der Waals surface area contributed by atoms with Crippen molar-refractivity contribution in [1.29, 1.82) is 0 Å². The van der Waals surface area contributed by atoms with E-state index in [0.717, 1.165) is 107 Å². The lowest BCUT2D eigenvalue weighted by atomic mass is 9.92. The van der Waals surface area contributed by atoms with Crippen LogP contribution in [0.25, 0.3) is 11.0 Å². The first-order chi connectivity index (χ1) is 31.6. The van der Waals surface area contributed by atoms with Crippen LogP contribution in [0.4, 0.5) is 40.3 Å². The number of imidazole rings is 1. The van der Waals surface area contributed by atoms with Crippen molar-refractivity contribution in [3.63, 3.8) is 0 Å². The Morgan fingerprint density at radius 1 is 0.697 bits per heavy atom. The summed E-state index contributed by atoms with van der Waals surface area (Å²) >= 11 is 6.93. The van der Waals surface area contributed by atoms with Gasteiger partial charge in [0.1, 0.15) is 18.0 Å². The summed E-state index contributed by atoms with van der Waals surface area (Å²) in [4.78, 5) is 57.5. The second kappa shape index (κ2) is 20.3. The number of carbonyl (C=O) groups excluding carboxylic acids is 4. The van der Waals surface area contributed by atoms with Gasteiger partial charge in [0.15, 0.2) is 23.3 Å². The fourth-order valence-corrected chi connectivity index (χ4v) is 10.3. The van der Waals surface area contributed by atoms with Gasteiger partial charge in [-0.05, 0) is 125 Å². The molecule has 3 heterocycles. The summed E-state index contributed by atoms with van der Waals surface area (Å²) < 4.78 is 63.9. The SMILES string of the molecule is CC(=O)OC1CCC(n2c([C@@H]3CCC(=O)N3c3ccc(F)c(F)c3)nc3cc(Br)ccc32)CC1.O=C(Nc1cc(Br)ccc1NC1CCC(O)CC1)[C@@H]1CCC(=O)N1c1ccc(F)c(F)c1. The van der Waals surface area contributed by atoms with Crippen LogP contribution >= 0.6 is 31.9 Å². The first kappa shape index (κ1) is 47.2. The van der Waals surface area contributed by atoms with Gasteiger partial charge in [-0.3, -0.25) is 24.1 Å². The molecule has 5 aromatic rings. The second-order valence-electron chi connectivity index (χ2n) is 17.2. The fourth-order valence-electron chi connectivity index (χ4n) is 9.54. The summed E-state index contributed by atoms with van der Waals surface area (Å²) in [5.41, 5.74) is 3.53. The summed E-state index contributed by atoms with van der Waals surface area (Å²) in [5.74, 6) is -4.42. The van der Waals surface area contributed by atoms with Crippen LogP contribution in [0.2, 0.25) is 0 Å². The van der Waals surface area contributed by atoms with Crippen molar-refractivity contribution in [2.24, 2.45) is 0 Å². The zero-order valence-corrected chi connectivity index (χ0v) is 39.1. The van der Waals surface area contributed by atoms with Crippen LogP contribution in [0.1, 0.15) is 102 Å². The first-order valence-electron chi connectivity index (χ1n) is 22.1. The summed E-state index contributed by atoms with van der Waals surface area (Å²) in [6.07, 6.45) is 7.10. The maximum absolute atomic E-state index is 14.0. The van der Waals surface area contributed by atoms with E-state index in [4.69, 9.17) is 9.72 Å². The van der Waals surface area contributed by atoms with Crippen molar-refractivity contribution in [2.75, 3.05) is 20.4 Å². The smallest absolute Gasteiger partial charge is 0.302 e. The summed E-state index contributed by atoms with van der Waals surface area (Å²) in [5, 5.41) is 16.1. The van der Waals surface area contributed by atoms with Crippen molar-refractivity contribution >= 4 is 89.3 Å². The molecule has 348 valence electrons. The number of fused-ring (bicyclic) bond motifs is 1. The predicted octanol–water partition coefficient (Wildman–Crippen LogP) is 10.6. The Morgan fingerprint density at radius 2 is 1.30 bits per heavy atom. The van der Waals surface area contributed by atoms with E-state index in [2.05, 4.69) is 47.1 Å². The highest BCUT2D eigenvalue weighted by atomic mass is 79.9. The molecule has 9 rings (SSSR count). The standard InChI is InChI=1S/C25H24BrF2N3O3.C23H24BrF2N3O3/c1-14(32)34-18-6-3-16(4-7-18)31-22-9-2-15(26)12-21(22)29-25(31)23-10-11-24(33)30(23)17-5-8-19(27)20(28)13-17;24-13-1-8-19(27-14-2-5-16(30)6-3-14)20(11-13)28-23(32)21-9-10-22(31)29(21)15-4-7-17(25)18(26)12-15/h2,5,8-9,12-13,16,18,23H,3-4,6-7,10-11H2,1H3;1,4,7-8,11-12,14,16,21,27,30H,2-3,5-6,9-10H2,(H,28,32)/t16?,18?,23-;14?,16?,21-/m00/s1. The number of aliphatic hydroxyl groups is 1. The Bertz CT molecular complexity index is 2650. The second-order valence-corrected chi connectivity index (χ2v) is 19.0. The number of ether oxygens (including phenoxy) is 1. The van der Waals surface area contributed by atoms with Gasteiger partial charge in [0, 0.05) is 64.3 Å². The van der Waals surface area contributed by atoms with E-state index in [-0.39, 0.29) is 60.6 Å². The summed E-state index contributed by atoms with van der Waals surface area (Å²) in [6.45, 7) is 1.43. The number of hydrogen-bond donors (Lipinski definition) is 3. The third-order valence-corrected chi connectivity index (χ3v) is 13.7. The number of aliphatic hydroxyl groups excluding tert-OH is 1. The number of nitrogens with one attached hydrogen (secondary N) is 2. The Morgan fingerprint density at radius 3 is 1.95 bits per heavy atom. The van der Waals surface area contributed by atoms with Crippen LogP contribution in [0, 0.1) is 23.3 Å². The minimum absolute atomic E-state index is 0.0899. The van der Waals surface area contributed by atoms with E-state index in [0.29, 0.717) is 24.2 Å². The molecule has 0 spiro atoms. The van der Waals surface area contributed by atoms with Gasteiger partial charge in [-0.25, -0.2) is 22.5 Å². The Hall–Kier alpha value is -5.33. The van der Waals surface area contributed by atoms with Crippen LogP contribution in [0.3, 0.4) is 0 Å². The maximum atomic E-state index is 14.0. The predicted molar refractivity (Wildman–Crippen MR) is 248 cm³/mol. The molecule has 2 saturated heterocycles. The molecule has 2 atom stereocenters. The van der Waals surface area contributed by atoms with Gasteiger partial charge in [-0.1, -0.05) is 31.9 Å². The highest BCUT2D eigenvalue weighted by Crippen LogP contribution is 2.42.